The van der Waals surface area contributed by atoms with Gasteiger partial charge in [-0.15, -0.1) is 0 Å². The highest BCUT2D eigenvalue weighted by molar-refractivity contribution is 9.10. The second kappa shape index (κ2) is 8.01. The minimum absolute atomic E-state index is 0.0146. The molecule has 0 aliphatic rings. The number of carbonyl (C=O) groups excluding carboxylic acids is 2. The van der Waals surface area contributed by atoms with Gasteiger partial charge in [0.15, 0.2) is 0 Å². The summed E-state index contributed by atoms with van der Waals surface area (Å²) >= 11 is 3.29. The fourth-order valence-electron chi connectivity index (χ4n) is 1.74. The minimum Gasteiger partial charge on any atom is -0.395 e. The zero-order valence-corrected chi connectivity index (χ0v) is 13.2. The molecule has 0 spiro atoms. The lowest BCUT2D eigenvalue weighted by molar-refractivity contribution is -0.132. The van der Waals surface area contributed by atoms with Gasteiger partial charge in [0.2, 0.25) is 5.91 Å². The van der Waals surface area contributed by atoms with Gasteiger partial charge in [0.25, 0.3) is 5.91 Å². The largest absolute Gasteiger partial charge is 0.395 e. The van der Waals surface area contributed by atoms with E-state index in [2.05, 4.69) is 21.2 Å². The Kier molecular flexibility index (Phi) is 6.67. The number of hydrogen-bond donors (Lipinski definition) is 2. The van der Waals surface area contributed by atoms with Gasteiger partial charge in [0.05, 0.1) is 13.2 Å². The van der Waals surface area contributed by atoms with Gasteiger partial charge in [-0.05, 0) is 38.1 Å². The summed E-state index contributed by atoms with van der Waals surface area (Å²) in [6, 6.07) is 6.88. The lowest BCUT2D eigenvalue weighted by Crippen LogP contribution is -2.44. The summed E-state index contributed by atoms with van der Waals surface area (Å²) in [4.78, 5) is 25.4. The van der Waals surface area contributed by atoms with Crippen molar-refractivity contribution >= 4 is 27.7 Å². The molecule has 2 amide bonds. The van der Waals surface area contributed by atoms with Gasteiger partial charge in [0, 0.05) is 22.6 Å². The van der Waals surface area contributed by atoms with Crippen molar-refractivity contribution < 1.29 is 14.7 Å². The molecule has 1 rings (SSSR count). The van der Waals surface area contributed by atoms with Crippen molar-refractivity contribution in [1.82, 2.24) is 10.2 Å². The van der Waals surface area contributed by atoms with E-state index >= 15 is 0 Å². The summed E-state index contributed by atoms with van der Waals surface area (Å²) in [7, 11) is 0. The van der Waals surface area contributed by atoms with Crippen LogP contribution < -0.4 is 5.32 Å². The summed E-state index contributed by atoms with van der Waals surface area (Å²) < 4.78 is 0.888. The standard InChI is InChI=1S/C14H19BrN2O3/c1-10(2)17(7-8-18)13(19)9-16-14(20)11-3-5-12(15)6-4-11/h3-6,10,18H,7-9H2,1-2H3,(H,16,20). The Balaban J connectivity index is 2.55. The second-order valence-corrected chi connectivity index (χ2v) is 5.51. The fraction of sp³-hybridized carbons (Fsp3) is 0.429. The van der Waals surface area contributed by atoms with E-state index in [0.29, 0.717) is 5.56 Å². The first-order valence-electron chi connectivity index (χ1n) is 6.39. The molecule has 5 nitrogen and oxygen atoms in total. The summed E-state index contributed by atoms with van der Waals surface area (Å²) in [5.74, 6) is -0.502. The number of nitrogens with zero attached hydrogens (tertiary/aromatic N) is 1. The van der Waals surface area contributed by atoms with Crippen LogP contribution in [0.15, 0.2) is 28.7 Å². The molecule has 2 N–H and O–H groups in total. The maximum absolute atomic E-state index is 12.0. The zero-order valence-electron chi connectivity index (χ0n) is 11.6. The number of halogens is 1. The Morgan fingerprint density at radius 3 is 2.40 bits per heavy atom. The molecule has 20 heavy (non-hydrogen) atoms. The maximum Gasteiger partial charge on any atom is 0.251 e. The van der Waals surface area contributed by atoms with E-state index in [0.717, 1.165) is 4.47 Å². The van der Waals surface area contributed by atoms with Crippen LogP contribution in [0, 0.1) is 0 Å². The SMILES string of the molecule is CC(C)N(CCO)C(=O)CNC(=O)c1ccc(Br)cc1. The molecule has 110 valence electrons. The van der Waals surface area contributed by atoms with Crippen molar-refractivity contribution in [3.8, 4) is 0 Å². The first-order valence-corrected chi connectivity index (χ1v) is 7.19. The van der Waals surface area contributed by atoms with E-state index in [1.54, 1.807) is 24.3 Å². The molecule has 0 aromatic heterocycles. The molecule has 0 bridgehead atoms. The first kappa shape index (κ1) is 16.7. The molecule has 0 atom stereocenters. The van der Waals surface area contributed by atoms with E-state index in [1.165, 1.54) is 4.90 Å². The van der Waals surface area contributed by atoms with Gasteiger partial charge in [-0.25, -0.2) is 0 Å². The molecule has 1 aromatic carbocycles. The third-order valence-electron chi connectivity index (χ3n) is 2.79. The van der Waals surface area contributed by atoms with Crippen LogP contribution in [0.25, 0.3) is 0 Å². The van der Waals surface area contributed by atoms with Gasteiger partial charge in [-0.3, -0.25) is 9.59 Å². The highest BCUT2D eigenvalue weighted by Gasteiger charge is 2.17. The monoisotopic (exact) mass is 342 g/mol. The van der Waals surface area contributed by atoms with E-state index in [9.17, 15) is 9.59 Å². The van der Waals surface area contributed by atoms with Crippen LogP contribution in [-0.2, 0) is 4.79 Å². The predicted octanol–water partition coefficient (Wildman–Crippen LogP) is 1.41. The van der Waals surface area contributed by atoms with Gasteiger partial charge in [0.1, 0.15) is 0 Å². The van der Waals surface area contributed by atoms with Gasteiger partial charge < -0.3 is 15.3 Å². The maximum atomic E-state index is 12.0. The zero-order chi connectivity index (χ0) is 15.1. The van der Waals surface area contributed by atoms with E-state index < -0.39 is 0 Å². The summed E-state index contributed by atoms with van der Waals surface area (Å²) in [6.07, 6.45) is 0. The topological polar surface area (TPSA) is 69.6 Å². The van der Waals surface area contributed by atoms with Gasteiger partial charge in [-0.2, -0.15) is 0 Å². The van der Waals surface area contributed by atoms with E-state index in [1.807, 2.05) is 13.8 Å². The van der Waals surface area contributed by atoms with Crippen molar-refractivity contribution in [3.63, 3.8) is 0 Å². The Bertz CT molecular complexity index is 460. The van der Waals surface area contributed by atoms with Crippen LogP contribution in [0.4, 0.5) is 0 Å². The number of rotatable bonds is 6. The molecule has 0 unspecified atom stereocenters. The number of benzene rings is 1. The number of aliphatic hydroxyl groups excluding tert-OH is 1. The normalized spacial score (nSPS) is 10.4. The average molecular weight is 343 g/mol. The van der Waals surface area contributed by atoms with Gasteiger partial charge >= 0.3 is 0 Å². The summed E-state index contributed by atoms with van der Waals surface area (Å²) in [5.41, 5.74) is 0.499. The second-order valence-electron chi connectivity index (χ2n) is 4.59. The predicted molar refractivity (Wildman–Crippen MR) is 80.4 cm³/mol. The Morgan fingerprint density at radius 1 is 1.30 bits per heavy atom. The molecule has 0 saturated heterocycles. The Morgan fingerprint density at radius 2 is 1.90 bits per heavy atom. The summed E-state index contributed by atoms with van der Waals surface area (Å²) in [5, 5.41) is 11.5. The number of nitrogens with one attached hydrogen (secondary N) is 1. The third-order valence-corrected chi connectivity index (χ3v) is 3.32. The van der Waals surface area contributed by atoms with E-state index in [4.69, 9.17) is 5.11 Å². The van der Waals surface area contributed by atoms with E-state index in [-0.39, 0.29) is 37.6 Å². The van der Waals surface area contributed by atoms with Gasteiger partial charge in [-0.1, -0.05) is 15.9 Å². The van der Waals surface area contributed by atoms with Crippen LogP contribution >= 0.6 is 15.9 Å². The molecule has 6 heteroatoms. The molecule has 0 saturated carbocycles. The lowest BCUT2D eigenvalue weighted by Gasteiger charge is -2.26. The van der Waals surface area contributed by atoms with Crippen molar-refractivity contribution in [2.75, 3.05) is 19.7 Å². The quantitative estimate of drug-likeness (QED) is 0.821. The molecular formula is C14H19BrN2O3. The highest BCUT2D eigenvalue weighted by Crippen LogP contribution is 2.10. The molecule has 0 heterocycles. The molecule has 0 radical (unpaired) electrons. The van der Waals surface area contributed by atoms with Crippen LogP contribution in [0.2, 0.25) is 0 Å². The van der Waals surface area contributed by atoms with Crippen molar-refractivity contribution in [3.05, 3.63) is 34.3 Å². The molecular weight excluding hydrogens is 324 g/mol. The van der Waals surface area contributed by atoms with Crippen LogP contribution in [0.3, 0.4) is 0 Å². The number of hydrogen-bond acceptors (Lipinski definition) is 3. The number of carbonyl (C=O) groups is 2. The first-order chi connectivity index (χ1) is 9.45. The smallest absolute Gasteiger partial charge is 0.251 e. The van der Waals surface area contributed by atoms with Crippen LogP contribution in [0.5, 0.6) is 0 Å². The van der Waals surface area contributed by atoms with Crippen molar-refractivity contribution in [2.45, 2.75) is 19.9 Å². The summed E-state index contributed by atoms with van der Waals surface area (Å²) in [6.45, 7) is 3.83. The number of amides is 2. The highest BCUT2D eigenvalue weighted by atomic mass is 79.9. The Hall–Kier alpha value is -1.40. The molecule has 0 fully saturated rings. The van der Waals surface area contributed by atoms with Crippen LogP contribution in [0.1, 0.15) is 24.2 Å². The molecule has 0 aliphatic heterocycles. The minimum atomic E-state index is -0.293. The fourth-order valence-corrected chi connectivity index (χ4v) is 2.00. The van der Waals surface area contributed by atoms with Crippen molar-refractivity contribution in [2.24, 2.45) is 0 Å². The number of aliphatic hydroxyl groups is 1. The lowest BCUT2D eigenvalue weighted by atomic mass is 10.2. The molecule has 1 aromatic rings. The van der Waals surface area contributed by atoms with Crippen LogP contribution in [-0.4, -0.2) is 47.6 Å². The average Bonchev–Trinajstić information content (AvgIpc) is 2.42. The third kappa shape index (κ3) is 4.94. The van der Waals surface area contributed by atoms with Crippen molar-refractivity contribution in [1.29, 1.82) is 0 Å². The molecule has 0 aliphatic carbocycles. The Labute approximate surface area is 127 Å².